The molecule has 0 aliphatic carbocycles. The average molecular weight is 643 g/mol. The van der Waals surface area contributed by atoms with Crippen molar-refractivity contribution < 1.29 is 36.6 Å². The lowest BCUT2D eigenvalue weighted by Crippen LogP contribution is -2.31. The molecule has 3 amide bonds. The van der Waals surface area contributed by atoms with Gasteiger partial charge in [0.2, 0.25) is 5.91 Å². The Labute approximate surface area is 259 Å². The topological polar surface area (TPSA) is 111 Å². The Bertz CT molecular complexity index is 1760. The van der Waals surface area contributed by atoms with Crippen molar-refractivity contribution in [3.63, 3.8) is 0 Å². The summed E-state index contributed by atoms with van der Waals surface area (Å²) in [5.41, 5.74) is 2.83. The van der Waals surface area contributed by atoms with Crippen LogP contribution in [-0.4, -0.2) is 44.0 Å². The lowest BCUT2D eigenvalue weighted by Gasteiger charge is -2.22. The molecule has 1 aromatic heterocycles. The number of alkyl halides is 3. The first-order chi connectivity index (χ1) is 21.4. The lowest BCUT2D eigenvalue weighted by atomic mass is 9.99. The van der Waals surface area contributed by atoms with E-state index in [9.17, 15) is 27.2 Å². The zero-order valence-corrected chi connectivity index (χ0v) is 24.9. The van der Waals surface area contributed by atoms with E-state index in [1.165, 1.54) is 40.2 Å². The minimum Gasteiger partial charge on any atom is -0.485 e. The summed E-state index contributed by atoms with van der Waals surface area (Å²) in [7, 11) is 0. The molecular weight excluding hydrogens is 616 g/mol. The number of nitrogens with one attached hydrogen (secondary N) is 1. The molecule has 45 heavy (non-hydrogen) atoms. The summed E-state index contributed by atoms with van der Waals surface area (Å²) in [6.07, 6.45) is -3.45. The van der Waals surface area contributed by atoms with E-state index in [-0.39, 0.29) is 52.4 Å². The molecule has 3 aromatic carbocycles. The van der Waals surface area contributed by atoms with E-state index < -0.39 is 18.2 Å². The molecule has 1 aliphatic heterocycles. The molecule has 5 rings (SSSR count). The van der Waals surface area contributed by atoms with Gasteiger partial charge in [0.05, 0.1) is 22.8 Å². The smallest absolute Gasteiger partial charge is 0.485 e. The third kappa shape index (κ3) is 7.78. The number of aliphatic imine (C=N–C) groups is 1. The number of hydrogen-bond acceptors (Lipinski definition) is 7. The Morgan fingerprint density at radius 1 is 1.09 bits per heavy atom. The van der Waals surface area contributed by atoms with Gasteiger partial charge in [0.1, 0.15) is 30.3 Å². The number of halogens is 4. The Hall–Kier alpha value is -4.92. The summed E-state index contributed by atoms with van der Waals surface area (Å²) >= 11 is 1.12. The third-order valence-corrected chi connectivity index (χ3v) is 7.36. The van der Waals surface area contributed by atoms with Gasteiger partial charge in [-0.3, -0.25) is 9.69 Å². The normalized spacial score (nSPS) is 14.4. The molecular formula is C30H26F4N6O4S. The van der Waals surface area contributed by atoms with Crippen LogP contribution in [0.4, 0.5) is 33.7 Å². The van der Waals surface area contributed by atoms with Gasteiger partial charge in [-0.05, 0) is 66.4 Å². The van der Waals surface area contributed by atoms with Gasteiger partial charge in [0.25, 0.3) is 0 Å². The number of carbonyl (C=O) groups is 2. The Balaban J connectivity index is 1.21. The van der Waals surface area contributed by atoms with Crippen LogP contribution in [0.2, 0.25) is 0 Å². The standard InChI is InChI=1S/C30H26F4N6O4S/c1-17(2)22-10-4-18(3)12-25(22)40-27(41)15-45-29(40)37-28(42)36-24-11-9-21(13-23(24)31)43-14-26-35-16-39(38-26)19-5-7-20(8-6-19)44-30(32,33)34/h4-13,16-17H,14-15H2,1-3H3,(H,36,42). The Kier molecular flexibility index (Phi) is 9.09. The van der Waals surface area contributed by atoms with Gasteiger partial charge >= 0.3 is 12.4 Å². The SMILES string of the molecule is Cc1ccc(C(C)C)c(N2C(=O)CSC2=NC(=O)Nc2ccc(OCc3ncn(-c4ccc(OC(F)(F)F)cc4)n3)cc2F)c1. The lowest BCUT2D eigenvalue weighted by molar-refractivity contribution is -0.274. The maximum Gasteiger partial charge on any atom is 0.573 e. The van der Waals surface area contributed by atoms with Crippen molar-refractivity contribution in [3.8, 4) is 17.2 Å². The zero-order chi connectivity index (χ0) is 32.3. The van der Waals surface area contributed by atoms with Gasteiger partial charge in [-0.15, -0.1) is 18.3 Å². The number of amides is 3. The quantitative estimate of drug-likeness (QED) is 0.207. The van der Waals surface area contributed by atoms with Gasteiger partial charge in [-0.25, -0.2) is 18.9 Å². The van der Waals surface area contributed by atoms with Crippen LogP contribution in [0.3, 0.4) is 0 Å². The molecule has 10 nitrogen and oxygen atoms in total. The van der Waals surface area contributed by atoms with Crippen LogP contribution < -0.4 is 19.7 Å². The molecule has 0 saturated carbocycles. The highest BCUT2D eigenvalue weighted by Gasteiger charge is 2.33. The van der Waals surface area contributed by atoms with Crippen molar-refractivity contribution in [1.29, 1.82) is 0 Å². The predicted octanol–water partition coefficient (Wildman–Crippen LogP) is 6.98. The fourth-order valence-electron chi connectivity index (χ4n) is 4.37. The van der Waals surface area contributed by atoms with E-state index in [1.807, 2.05) is 39.0 Å². The van der Waals surface area contributed by atoms with Crippen LogP contribution >= 0.6 is 11.8 Å². The maximum absolute atomic E-state index is 14.9. The van der Waals surface area contributed by atoms with Gasteiger partial charge in [-0.1, -0.05) is 37.7 Å². The summed E-state index contributed by atoms with van der Waals surface area (Å²) in [6.45, 7) is 5.79. The molecule has 0 radical (unpaired) electrons. The van der Waals surface area contributed by atoms with Crippen LogP contribution in [0.1, 0.15) is 36.7 Å². The first kappa shape index (κ1) is 31.5. The van der Waals surface area contributed by atoms with Gasteiger partial charge in [0.15, 0.2) is 11.0 Å². The molecule has 0 atom stereocenters. The van der Waals surface area contributed by atoms with E-state index >= 15 is 0 Å². The number of urea groups is 1. The second-order valence-corrected chi connectivity index (χ2v) is 11.1. The minimum atomic E-state index is -4.80. The molecule has 0 bridgehead atoms. The molecule has 1 fully saturated rings. The number of aromatic nitrogens is 3. The van der Waals surface area contributed by atoms with Gasteiger partial charge in [0, 0.05) is 6.07 Å². The third-order valence-electron chi connectivity index (χ3n) is 6.44. The van der Waals surface area contributed by atoms with Gasteiger partial charge in [-0.2, -0.15) is 4.99 Å². The van der Waals surface area contributed by atoms with Crippen LogP contribution in [0.5, 0.6) is 11.5 Å². The molecule has 1 N–H and O–H groups in total. The fraction of sp³-hybridized carbons (Fsp3) is 0.233. The minimum absolute atomic E-state index is 0.119. The molecule has 2 heterocycles. The van der Waals surface area contributed by atoms with Crippen molar-refractivity contribution in [2.75, 3.05) is 16.0 Å². The number of nitrogens with zero attached hydrogens (tertiary/aromatic N) is 5. The van der Waals surface area contributed by atoms with Crippen molar-refractivity contribution in [2.24, 2.45) is 4.99 Å². The van der Waals surface area contributed by atoms with Crippen LogP contribution in [-0.2, 0) is 11.4 Å². The fourth-order valence-corrected chi connectivity index (χ4v) is 5.23. The molecule has 15 heteroatoms. The number of aryl methyl sites for hydroxylation is 1. The highest BCUT2D eigenvalue weighted by molar-refractivity contribution is 8.15. The van der Waals surface area contributed by atoms with Crippen molar-refractivity contribution in [1.82, 2.24) is 14.8 Å². The summed E-state index contributed by atoms with van der Waals surface area (Å²) < 4.78 is 62.7. The highest BCUT2D eigenvalue weighted by atomic mass is 32.2. The second kappa shape index (κ2) is 13.0. The number of hydrogen-bond donors (Lipinski definition) is 1. The molecule has 0 unspecified atom stereocenters. The number of carbonyl (C=O) groups excluding carboxylic acids is 2. The molecule has 4 aromatic rings. The van der Waals surface area contributed by atoms with E-state index in [4.69, 9.17) is 4.74 Å². The largest absolute Gasteiger partial charge is 0.573 e. The number of rotatable bonds is 8. The van der Waals surface area contributed by atoms with Crippen molar-refractivity contribution in [2.45, 2.75) is 39.7 Å². The second-order valence-electron chi connectivity index (χ2n) is 10.1. The summed E-state index contributed by atoms with van der Waals surface area (Å²) in [6, 6.07) is 13.8. The predicted molar refractivity (Wildman–Crippen MR) is 160 cm³/mol. The van der Waals surface area contributed by atoms with Crippen LogP contribution in [0, 0.1) is 12.7 Å². The van der Waals surface area contributed by atoms with E-state index in [0.717, 1.165) is 41.1 Å². The molecule has 0 spiro atoms. The maximum atomic E-state index is 14.9. The molecule has 1 aliphatic rings. The van der Waals surface area contributed by atoms with Crippen molar-refractivity contribution >= 4 is 40.2 Å². The zero-order valence-electron chi connectivity index (χ0n) is 24.1. The first-order valence-electron chi connectivity index (χ1n) is 13.5. The monoisotopic (exact) mass is 642 g/mol. The molecule has 1 saturated heterocycles. The number of ether oxygens (including phenoxy) is 2. The van der Waals surface area contributed by atoms with Crippen LogP contribution in [0.25, 0.3) is 5.69 Å². The molecule has 234 valence electrons. The summed E-state index contributed by atoms with van der Waals surface area (Å²) in [5.74, 6) is -0.770. The number of benzene rings is 3. The van der Waals surface area contributed by atoms with E-state index in [0.29, 0.717) is 11.4 Å². The first-order valence-corrected chi connectivity index (χ1v) is 14.5. The summed E-state index contributed by atoms with van der Waals surface area (Å²) in [5, 5.41) is 6.80. The Morgan fingerprint density at radius 3 is 2.51 bits per heavy atom. The summed E-state index contributed by atoms with van der Waals surface area (Å²) in [4.78, 5) is 35.1. The number of amidine groups is 1. The number of thioether (sulfide) groups is 1. The number of anilines is 2. The highest BCUT2D eigenvalue weighted by Crippen LogP contribution is 2.34. The Morgan fingerprint density at radius 2 is 1.82 bits per heavy atom. The average Bonchev–Trinajstić information content (AvgIpc) is 3.59. The van der Waals surface area contributed by atoms with E-state index in [2.05, 4.69) is 25.1 Å². The van der Waals surface area contributed by atoms with Crippen LogP contribution in [0.15, 0.2) is 72.0 Å². The van der Waals surface area contributed by atoms with E-state index in [1.54, 1.807) is 0 Å². The van der Waals surface area contributed by atoms with Gasteiger partial charge < -0.3 is 14.8 Å². The van der Waals surface area contributed by atoms with Crippen molar-refractivity contribution in [3.05, 3.63) is 89.8 Å².